The predicted octanol–water partition coefficient (Wildman–Crippen LogP) is 0.823. The molecule has 0 heterocycles. The molecule has 92 valence electrons. The fourth-order valence-corrected chi connectivity index (χ4v) is 1.56. The van der Waals surface area contributed by atoms with E-state index in [1.165, 1.54) is 0 Å². The van der Waals surface area contributed by atoms with Crippen LogP contribution in [0.3, 0.4) is 0 Å². The van der Waals surface area contributed by atoms with E-state index in [0.29, 0.717) is 25.7 Å². The zero-order chi connectivity index (χ0) is 12.0. The molecule has 3 N–H and O–H groups in total. The summed E-state index contributed by atoms with van der Waals surface area (Å²) < 4.78 is 5.29. The first kappa shape index (κ1) is 13.2. The normalized spacial score (nSPS) is 18.9. The summed E-state index contributed by atoms with van der Waals surface area (Å²) in [5, 5.41) is 2.81. The highest BCUT2D eigenvalue weighted by atomic mass is 16.5. The summed E-state index contributed by atoms with van der Waals surface area (Å²) in [7, 11) is 0. The molecule has 0 aliphatic heterocycles. The van der Waals surface area contributed by atoms with Crippen molar-refractivity contribution in [3.05, 3.63) is 12.7 Å². The fraction of sp³-hybridized carbons (Fsp3) is 0.750. The molecule has 1 atom stereocenters. The molecule has 1 amide bonds. The van der Waals surface area contributed by atoms with E-state index in [1.807, 2.05) is 6.08 Å². The smallest absolute Gasteiger partial charge is 0.240 e. The lowest BCUT2D eigenvalue weighted by Gasteiger charge is -2.23. The van der Waals surface area contributed by atoms with Crippen molar-refractivity contribution in [1.29, 1.82) is 0 Å². The second kappa shape index (κ2) is 6.01. The van der Waals surface area contributed by atoms with Crippen molar-refractivity contribution in [1.82, 2.24) is 5.32 Å². The average Bonchev–Trinajstić information content (AvgIpc) is 3.06. The first-order valence-corrected chi connectivity index (χ1v) is 5.85. The molecule has 1 fully saturated rings. The Bertz CT molecular complexity index is 247. The zero-order valence-electron chi connectivity index (χ0n) is 10.00. The van der Waals surface area contributed by atoms with Gasteiger partial charge in [0.05, 0.1) is 18.8 Å². The molecule has 1 aliphatic rings. The van der Waals surface area contributed by atoms with E-state index in [1.54, 1.807) is 6.92 Å². The maximum absolute atomic E-state index is 11.7. The van der Waals surface area contributed by atoms with Crippen LogP contribution in [-0.2, 0) is 9.53 Å². The van der Waals surface area contributed by atoms with Gasteiger partial charge >= 0.3 is 0 Å². The third-order valence-corrected chi connectivity index (χ3v) is 2.91. The van der Waals surface area contributed by atoms with Crippen molar-refractivity contribution >= 4 is 5.91 Å². The largest absolute Gasteiger partial charge is 0.379 e. The molecule has 16 heavy (non-hydrogen) atoms. The summed E-state index contributed by atoms with van der Waals surface area (Å²) in [6.45, 7) is 7.11. The van der Waals surface area contributed by atoms with Crippen molar-refractivity contribution in [2.45, 2.75) is 31.7 Å². The van der Waals surface area contributed by atoms with Crippen LogP contribution in [0.2, 0.25) is 0 Å². The molecular weight excluding hydrogens is 204 g/mol. The molecular formula is C12H22N2O2. The van der Waals surface area contributed by atoms with Gasteiger partial charge in [-0.25, -0.2) is 0 Å². The van der Waals surface area contributed by atoms with Crippen LogP contribution in [0.1, 0.15) is 26.2 Å². The number of nitrogens with two attached hydrogens (primary N) is 1. The van der Waals surface area contributed by atoms with Crippen LogP contribution in [0.5, 0.6) is 0 Å². The molecule has 1 saturated carbocycles. The fourth-order valence-electron chi connectivity index (χ4n) is 1.56. The Morgan fingerprint density at radius 2 is 2.31 bits per heavy atom. The lowest BCUT2D eigenvalue weighted by atomic mass is 9.96. The standard InChI is InChI=1S/C12H22N2O2/c1-3-4-8-16-9-7-14-11(15)12(2,13)10-5-6-10/h3,10H,1,4-9,13H2,2H3,(H,14,15). The topological polar surface area (TPSA) is 64.3 Å². The van der Waals surface area contributed by atoms with Gasteiger partial charge in [-0.1, -0.05) is 6.08 Å². The minimum absolute atomic E-state index is 0.0673. The monoisotopic (exact) mass is 226 g/mol. The van der Waals surface area contributed by atoms with Gasteiger partial charge in [-0.05, 0) is 32.1 Å². The minimum atomic E-state index is -0.707. The molecule has 0 radical (unpaired) electrons. The van der Waals surface area contributed by atoms with E-state index in [9.17, 15) is 4.79 Å². The van der Waals surface area contributed by atoms with Gasteiger partial charge in [0.25, 0.3) is 0 Å². The van der Waals surface area contributed by atoms with Gasteiger partial charge in [-0.2, -0.15) is 0 Å². The molecule has 0 spiro atoms. The van der Waals surface area contributed by atoms with Crippen molar-refractivity contribution in [2.24, 2.45) is 11.7 Å². The summed E-state index contributed by atoms with van der Waals surface area (Å²) in [4.78, 5) is 11.7. The van der Waals surface area contributed by atoms with Crippen LogP contribution in [0.25, 0.3) is 0 Å². The maximum atomic E-state index is 11.7. The average molecular weight is 226 g/mol. The van der Waals surface area contributed by atoms with Crippen LogP contribution in [0.15, 0.2) is 12.7 Å². The maximum Gasteiger partial charge on any atom is 0.240 e. The lowest BCUT2D eigenvalue weighted by Crippen LogP contribution is -2.53. The summed E-state index contributed by atoms with van der Waals surface area (Å²) in [5.41, 5.74) is 5.25. The first-order chi connectivity index (χ1) is 7.59. The van der Waals surface area contributed by atoms with Crippen LogP contribution in [0, 0.1) is 5.92 Å². The van der Waals surface area contributed by atoms with E-state index in [-0.39, 0.29) is 5.91 Å². The van der Waals surface area contributed by atoms with Crippen LogP contribution >= 0.6 is 0 Å². The van der Waals surface area contributed by atoms with Crippen LogP contribution in [0.4, 0.5) is 0 Å². The molecule has 4 heteroatoms. The van der Waals surface area contributed by atoms with Gasteiger partial charge < -0.3 is 15.8 Å². The Morgan fingerprint density at radius 3 is 2.88 bits per heavy atom. The van der Waals surface area contributed by atoms with Crippen molar-refractivity contribution in [3.8, 4) is 0 Å². The van der Waals surface area contributed by atoms with Gasteiger partial charge in [-0.15, -0.1) is 6.58 Å². The molecule has 0 aromatic carbocycles. The molecule has 0 saturated heterocycles. The summed E-state index contributed by atoms with van der Waals surface area (Å²) in [5.74, 6) is 0.288. The minimum Gasteiger partial charge on any atom is -0.379 e. The Balaban J connectivity index is 2.08. The van der Waals surface area contributed by atoms with E-state index in [2.05, 4.69) is 11.9 Å². The second-order valence-corrected chi connectivity index (χ2v) is 4.50. The number of hydrogen-bond donors (Lipinski definition) is 2. The number of ether oxygens (including phenoxy) is 1. The molecule has 4 nitrogen and oxygen atoms in total. The van der Waals surface area contributed by atoms with E-state index in [0.717, 1.165) is 19.3 Å². The van der Waals surface area contributed by atoms with Gasteiger partial charge in [0, 0.05) is 6.54 Å². The van der Waals surface area contributed by atoms with Gasteiger partial charge in [0.15, 0.2) is 0 Å². The van der Waals surface area contributed by atoms with Crippen molar-refractivity contribution in [3.63, 3.8) is 0 Å². The first-order valence-electron chi connectivity index (χ1n) is 5.85. The zero-order valence-corrected chi connectivity index (χ0v) is 10.00. The Morgan fingerprint density at radius 1 is 1.62 bits per heavy atom. The number of amides is 1. The molecule has 0 aromatic heterocycles. The molecule has 1 aliphatic carbocycles. The predicted molar refractivity (Wildman–Crippen MR) is 64.0 cm³/mol. The third-order valence-electron chi connectivity index (χ3n) is 2.91. The summed E-state index contributed by atoms with van der Waals surface area (Å²) >= 11 is 0. The SMILES string of the molecule is C=CCCOCCNC(=O)C(C)(N)C1CC1. The van der Waals surface area contributed by atoms with E-state index in [4.69, 9.17) is 10.5 Å². The van der Waals surface area contributed by atoms with Gasteiger partial charge in [-0.3, -0.25) is 4.79 Å². The number of rotatable bonds is 8. The highest BCUT2D eigenvalue weighted by molar-refractivity contribution is 5.86. The molecule has 1 unspecified atom stereocenters. The Kier molecular flexibility index (Phi) is 4.96. The van der Waals surface area contributed by atoms with Crippen LogP contribution < -0.4 is 11.1 Å². The highest BCUT2D eigenvalue weighted by Gasteiger charge is 2.43. The number of hydrogen-bond acceptors (Lipinski definition) is 3. The lowest BCUT2D eigenvalue weighted by molar-refractivity contribution is -0.126. The highest BCUT2D eigenvalue weighted by Crippen LogP contribution is 2.37. The van der Waals surface area contributed by atoms with Crippen molar-refractivity contribution < 1.29 is 9.53 Å². The van der Waals surface area contributed by atoms with E-state index < -0.39 is 5.54 Å². The van der Waals surface area contributed by atoms with Gasteiger partial charge in [0.1, 0.15) is 0 Å². The Labute approximate surface area is 97.2 Å². The van der Waals surface area contributed by atoms with Gasteiger partial charge in [0.2, 0.25) is 5.91 Å². The molecule has 0 aromatic rings. The molecule has 1 rings (SSSR count). The van der Waals surface area contributed by atoms with Crippen molar-refractivity contribution in [2.75, 3.05) is 19.8 Å². The number of carbonyl (C=O) groups excluding carboxylic acids is 1. The van der Waals surface area contributed by atoms with Crippen LogP contribution in [-0.4, -0.2) is 31.2 Å². The summed E-state index contributed by atoms with van der Waals surface area (Å²) in [6.07, 6.45) is 4.78. The third kappa shape index (κ3) is 3.94. The quantitative estimate of drug-likeness (QED) is 0.476. The number of nitrogens with one attached hydrogen (secondary N) is 1. The van der Waals surface area contributed by atoms with E-state index >= 15 is 0 Å². The second-order valence-electron chi connectivity index (χ2n) is 4.50. The molecule has 0 bridgehead atoms. The Hall–Kier alpha value is -0.870. The number of carbonyl (C=O) groups is 1. The summed E-state index contributed by atoms with van der Waals surface area (Å²) in [6, 6.07) is 0.